The van der Waals surface area contributed by atoms with Crippen LogP contribution in [0.4, 0.5) is 10.5 Å². The molecule has 0 aliphatic carbocycles. The third-order valence-corrected chi connectivity index (χ3v) is 0. The fourth-order valence-corrected chi connectivity index (χ4v) is 0. The first-order chi connectivity index (χ1) is 2.00. The van der Waals surface area contributed by atoms with Crippen molar-refractivity contribution in [2.45, 2.75) is 0 Å². The molecule has 0 aromatic rings. The minimum absolute atomic E-state index is 0. The second kappa shape index (κ2) is 3.23. The van der Waals surface area contributed by atoms with Crippen molar-refractivity contribution in [3.05, 3.63) is 0 Å². The Balaban J connectivity index is 0. The molecule has 0 fully saturated rings. The maximum absolute atomic E-state index is 9.90. The molecular weight excluding hydrogens is 174 g/mol. The average Bonchev–Trinajstić information content (AvgIpc) is 0.722. The Morgan fingerprint density at radius 3 is 0.833 bits per heavy atom. The molecule has 6 heavy (non-hydrogen) atoms. The van der Waals surface area contributed by atoms with Crippen molar-refractivity contribution in [3.8, 4) is 0 Å². The van der Waals surface area contributed by atoms with Crippen molar-refractivity contribution in [1.29, 1.82) is 0 Å². The van der Waals surface area contributed by atoms with E-state index in [9.17, 15) is 10.5 Å². The van der Waals surface area contributed by atoms with Crippen LogP contribution in [0, 0.1) is 0 Å². The van der Waals surface area contributed by atoms with E-state index in [-0.39, 0.29) is 18.9 Å². The first-order valence-electron chi connectivity index (χ1n) is 0.756. The van der Waals surface area contributed by atoms with Gasteiger partial charge < -0.3 is 0 Å². The topological polar surface area (TPSA) is 0 Å². The van der Waals surface area contributed by atoms with Crippen LogP contribution in [0.3, 0.4) is 0 Å². The summed E-state index contributed by atoms with van der Waals surface area (Å²) in [5.41, 5.74) is 0. The van der Waals surface area contributed by atoms with E-state index in [1.807, 2.05) is 0 Å². The van der Waals surface area contributed by atoms with Crippen LogP contribution < -0.4 is 0 Å². The summed E-state index contributed by atoms with van der Waals surface area (Å²) in [5, 5.41) is 0. The predicted molar refractivity (Wildman–Crippen MR) is 11.6 cm³/mol. The van der Waals surface area contributed by atoms with Gasteiger partial charge in [0.25, 0.3) is 0 Å². The van der Waals surface area contributed by atoms with Crippen molar-refractivity contribution in [2.75, 3.05) is 0 Å². The summed E-state index contributed by atoms with van der Waals surface area (Å²) in [7, 11) is 0. The molecule has 0 heterocycles. The third-order valence-electron chi connectivity index (χ3n) is 0. The van der Waals surface area contributed by atoms with Gasteiger partial charge in [0.2, 0.25) is 0 Å². The molecule has 0 amide bonds. The van der Waals surface area contributed by atoms with E-state index in [2.05, 4.69) is 0 Å². The summed E-state index contributed by atoms with van der Waals surface area (Å²) in [4.78, 5) is 0. The second-order valence-corrected chi connectivity index (χ2v) is 2.54. The van der Waals surface area contributed by atoms with Crippen molar-refractivity contribution < 1.29 is 33.2 Å². The molecule has 0 spiro atoms. The first kappa shape index (κ1) is 10.2. The SMILES string of the molecule is [F][Zr]([F])([F])[F].[LiH]. The molecule has 0 bridgehead atoms. The third kappa shape index (κ3) is 63.7. The second-order valence-electron chi connectivity index (χ2n) is 0.429. The van der Waals surface area contributed by atoms with Crippen LogP contribution in [-0.2, 0) is 22.7 Å². The van der Waals surface area contributed by atoms with Gasteiger partial charge in [-0.15, -0.1) is 0 Å². The van der Waals surface area contributed by atoms with Gasteiger partial charge in [-0.05, 0) is 0 Å². The Morgan fingerprint density at radius 2 is 0.833 bits per heavy atom. The molecule has 0 rings (SSSR count). The van der Waals surface area contributed by atoms with Gasteiger partial charge in [-0.1, -0.05) is 0 Å². The maximum atomic E-state index is 9.90. The van der Waals surface area contributed by atoms with Gasteiger partial charge >= 0.3 is 52.1 Å². The number of halogens is 4. The zero-order valence-corrected chi connectivity index (χ0v) is 4.47. The molecule has 0 nitrogen and oxygen atoms in total. The molecule has 0 saturated heterocycles. The van der Waals surface area contributed by atoms with Crippen molar-refractivity contribution >= 4 is 18.9 Å². The summed E-state index contributed by atoms with van der Waals surface area (Å²) in [6.07, 6.45) is 0. The average molecular weight is 175 g/mol. The Hall–Kier alpha value is 1.20. The van der Waals surface area contributed by atoms with Gasteiger partial charge in [0.1, 0.15) is 0 Å². The van der Waals surface area contributed by atoms with Crippen LogP contribution in [0.1, 0.15) is 0 Å². The minimum atomic E-state index is -7.18. The number of rotatable bonds is 0. The van der Waals surface area contributed by atoms with E-state index >= 15 is 0 Å². The summed E-state index contributed by atoms with van der Waals surface area (Å²) >= 11 is -7.18. The molecule has 0 aliphatic heterocycles. The predicted octanol–water partition coefficient (Wildman–Crippen LogP) is 1.03. The van der Waals surface area contributed by atoms with Crippen molar-refractivity contribution in [1.82, 2.24) is 0 Å². The molecule has 0 aromatic carbocycles. The van der Waals surface area contributed by atoms with Gasteiger partial charge in [-0.2, -0.15) is 0 Å². The molecule has 0 atom stereocenters. The van der Waals surface area contributed by atoms with Crippen molar-refractivity contribution in [2.24, 2.45) is 0 Å². The van der Waals surface area contributed by atoms with E-state index in [0.717, 1.165) is 0 Å². The van der Waals surface area contributed by atoms with Gasteiger partial charge in [0.15, 0.2) is 0 Å². The van der Waals surface area contributed by atoms with E-state index < -0.39 is 22.7 Å². The fraction of sp³-hybridized carbons (Fsp3) is 0. The van der Waals surface area contributed by atoms with Gasteiger partial charge in [-0.3, -0.25) is 0 Å². The summed E-state index contributed by atoms with van der Waals surface area (Å²) in [6, 6.07) is 0. The Kier molecular flexibility index (Phi) is 5.52. The quantitative estimate of drug-likeness (QED) is 0.381. The zero-order valence-electron chi connectivity index (χ0n) is 2.01. The van der Waals surface area contributed by atoms with Crippen molar-refractivity contribution in [3.63, 3.8) is 0 Å². The molecular formula is HF4LiZr. The molecule has 0 saturated carbocycles. The van der Waals surface area contributed by atoms with Gasteiger partial charge in [-0.25, -0.2) is 0 Å². The summed E-state index contributed by atoms with van der Waals surface area (Å²) in [5.74, 6) is 0. The first-order valence-corrected chi connectivity index (χ1v) is 4.47. The molecule has 0 aromatic heterocycles. The Labute approximate surface area is 52.0 Å². The number of hydrogen-bond acceptors (Lipinski definition) is 0. The summed E-state index contributed by atoms with van der Waals surface area (Å²) < 4.78 is 39.6. The molecule has 6 heteroatoms. The molecule has 0 aliphatic rings. The van der Waals surface area contributed by atoms with Crippen LogP contribution in [0.15, 0.2) is 0 Å². The van der Waals surface area contributed by atoms with Crippen LogP contribution in [-0.4, -0.2) is 18.9 Å². The summed E-state index contributed by atoms with van der Waals surface area (Å²) in [6.45, 7) is 0. The molecule has 34 valence electrons. The van der Waals surface area contributed by atoms with Gasteiger partial charge in [0.05, 0.1) is 0 Å². The molecule has 0 radical (unpaired) electrons. The zero-order chi connectivity index (χ0) is 4.50. The number of hydrogen-bond donors (Lipinski definition) is 0. The fourth-order valence-electron chi connectivity index (χ4n) is 0. The monoisotopic (exact) mass is 174 g/mol. The van der Waals surface area contributed by atoms with Gasteiger partial charge in [0, 0.05) is 0 Å². The van der Waals surface area contributed by atoms with E-state index in [4.69, 9.17) is 0 Å². The van der Waals surface area contributed by atoms with E-state index in [0.29, 0.717) is 0 Å². The van der Waals surface area contributed by atoms with Crippen LogP contribution in [0.5, 0.6) is 0 Å². The van der Waals surface area contributed by atoms with E-state index in [1.54, 1.807) is 0 Å². The standard InChI is InChI=1S/4FH.Li.Zr.H/h4*1H;;;/q;;;;;+4;/p-4. The molecule has 0 unspecified atom stereocenters. The van der Waals surface area contributed by atoms with Crippen LogP contribution in [0.25, 0.3) is 0 Å². The Morgan fingerprint density at radius 1 is 0.833 bits per heavy atom. The van der Waals surface area contributed by atoms with Crippen LogP contribution in [0.2, 0.25) is 0 Å². The normalized spacial score (nSPS) is 10.0. The van der Waals surface area contributed by atoms with E-state index in [1.165, 1.54) is 0 Å². The Bertz CT molecular complexity index is 23.0. The molecule has 0 N–H and O–H groups in total. The van der Waals surface area contributed by atoms with Crippen LogP contribution >= 0.6 is 0 Å².